The largest absolute Gasteiger partial charge is 0.464 e. The van der Waals surface area contributed by atoms with Gasteiger partial charge in [-0.15, -0.1) is 0 Å². The molecule has 0 aromatic carbocycles. The Bertz CT molecular complexity index is 405. The van der Waals surface area contributed by atoms with E-state index < -0.39 is 5.97 Å². The van der Waals surface area contributed by atoms with Gasteiger partial charge < -0.3 is 29.2 Å². The summed E-state index contributed by atoms with van der Waals surface area (Å²) in [6.07, 6.45) is 1.69. The molecule has 0 amide bonds. The van der Waals surface area contributed by atoms with Gasteiger partial charge in [0.05, 0.1) is 45.8 Å². The van der Waals surface area contributed by atoms with E-state index >= 15 is 0 Å². The molecule has 0 spiro atoms. The Morgan fingerprint density at radius 3 is 2.45 bits per heavy atom. The van der Waals surface area contributed by atoms with Crippen LogP contribution in [0.1, 0.15) is 10.5 Å². The van der Waals surface area contributed by atoms with Gasteiger partial charge >= 0.3 is 5.97 Å². The SMILES string of the molecule is COCCOCCOCCn1cc(N)cc1C(=O)OC. The molecule has 0 radical (unpaired) electrons. The lowest BCUT2D eigenvalue weighted by Crippen LogP contribution is -2.15. The summed E-state index contributed by atoms with van der Waals surface area (Å²) >= 11 is 0. The highest BCUT2D eigenvalue weighted by Gasteiger charge is 2.12. The zero-order chi connectivity index (χ0) is 14.8. The highest BCUT2D eigenvalue weighted by Crippen LogP contribution is 2.11. The molecule has 1 aromatic rings. The van der Waals surface area contributed by atoms with Crippen LogP contribution in [-0.2, 0) is 25.5 Å². The number of hydrogen-bond donors (Lipinski definition) is 1. The zero-order valence-corrected chi connectivity index (χ0v) is 12.0. The lowest BCUT2D eigenvalue weighted by molar-refractivity contribution is 0.0228. The molecule has 0 atom stereocenters. The van der Waals surface area contributed by atoms with Gasteiger partial charge in [-0.1, -0.05) is 0 Å². The number of methoxy groups -OCH3 is 2. The lowest BCUT2D eigenvalue weighted by atomic mass is 10.4. The van der Waals surface area contributed by atoms with Crippen LogP contribution in [0.2, 0.25) is 0 Å². The van der Waals surface area contributed by atoms with Gasteiger partial charge in [-0.05, 0) is 6.07 Å². The van der Waals surface area contributed by atoms with Crippen LogP contribution in [-0.4, -0.2) is 57.8 Å². The van der Waals surface area contributed by atoms with Crippen molar-refractivity contribution in [3.63, 3.8) is 0 Å². The molecule has 1 heterocycles. The summed E-state index contributed by atoms with van der Waals surface area (Å²) in [4.78, 5) is 11.5. The molecule has 0 saturated carbocycles. The Labute approximate surface area is 118 Å². The number of carbonyl (C=O) groups excluding carboxylic acids is 1. The minimum absolute atomic E-state index is 0.412. The smallest absolute Gasteiger partial charge is 0.354 e. The van der Waals surface area contributed by atoms with E-state index in [-0.39, 0.29) is 0 Å². The molecule has 7 nitrogen and oxygen atoms in total. The summed E-state index contributed by atoms with van der Waals surface area (Å²) < 4.78 is 21.9. The number of nitrogens with two attached hydrogens (primary N) is 1. The molecule has 1 aromatic heterocycles. The number of esters is 1. The fourth-order valence-electron chi connectivity index (χ4n) is 1.62. The molecule has 0 saturated heterocycles. The van der Waals surface area contributed by atoms with E-state index in [1.807, 2.05) is 0 Å². The van der Waals surface area contributed by atoms with Crippen molar-refractivity contribution < 1.29 is 23.7 Å². The molecule has 2 N–H and O–H groups in total. The van der Waals surface area contributed by atoms with E-state index in [0.717, 1.165) is 0 Å². The van der Waals surface area contributed by atoms with Crippen molar-refractivity contribution in [1.29, 1.82) is 0 Å². The molecule has 7 heteroatoms. The molecule has 1 rings (SSSR count). The molecular weight excluding hydrogens is 264 g/mol. The van der Waals surface area contributed by atoms with Crippen molar-refractivity contribution in [1.82, 2.24) is 4.57 Å². The first-order valence-electron chi connectivity index (χ1n) is 6.37. The summed E-state index contributed by atoms with van der Waals surface area (Å²) in [5.74, 6) is -0.412. The topological polar surface area (TPSA) is 84.9 Å². The number of carbonyl (C=O) groups is 1. The second-order valence-corrected chi connectivity index (χ2v) is 4.06. The highest BCUT2D eigenvalue weighted by atomic mass is 16.5. The maximum Gasteiger partial charge on any atom is 0.354 e. The zero-order valence-electron chi connectivity index (χ0n) is 12.0. The first-order valence-corrected chi connectivity index (χ1v) is 6.37. The Morgan fingerprint density at radius 1 is 1.15 bits per heavy atom. The molecule has 0 aliphatic heterocycles. The van der Waals surface area contributed by atoms with Gasteiger partial charge in [0.25, 0.3) is 0 Å². The molecule has 20 heavy (non-hydrogen) atoms. The van der Waals surface area contributed by atoms with Gasteiger partial charge in [0.1, 0.15) is 5.69 Å². The molecule has 0 aliphatic carbocycles. The van der Waals surface area contributed by atoms with E-state index in [9.17, 15) is 4.79 Å². The Kier molecular flexibility index (Phi) is 7.71. The van der Waals surface area contributed by atoms with Gasteiger partial charge in [-0.3, -0.25) is 0 Å². The summed E-state index contributed by atoms with van der Waals surface area (Å²) in [7, 11) is 2.96. The minimum Gasteiger partial charge on any atom is -0.464 e. The third kappa shape index (κ3) is 5.60. The molecule has 0 aliphatic rings. The number of nitrogen functional groups attached to an aromatic ring is 1. The third-order valence-corrected chi connectivity index (χ3v) is 2.59. The van der Waals surface area contributed by atoms with Crippen LogP contribution >= 0.6 is 0 Å². The van der Waals surface area contributed by atoms with E-state index in [2.05, 4.69) is 4.74 Å². The molecule has 0 fully saturated rings. The number of nitrogens with zero attached hydrogens (tertiary/aromatic N) is 1. The van der Waals surface area contributed by atoms with Gasteiger partial charge in [-0.25, -0.2) is 4.79 Å². The van der Waals surface area contributed by atoms with Crippen molar-refractivity contribution >= 4 is 11.7 Å². The quantitative estimate of drug-likeness (QED) is 0.499. The number of anilines is 1. The fraction of sp³-hybridized carbons (Fsp3) is 0.615. The molecular formula is C13H22N2O5. The monoisotopic (exact) mass is 286 g/mol. The van der Waals surface area contributed by atoms with Gasteiger partial charge in [0, 0.05) is 19.9 Å². The third-order valence-electron chi connectivity index (χ3n) is 2.59. The summed E-state index contributed by atoms with van der Waals surface area (Å²) in [5, 5.41) is 0. The fourth-order valence-corrected chi connectivity index (χ4v) is 1.62. The standard InChI is InChI=1S/C13H22N2O5/c1-17-5-6-20-8-7-19-4-3-15-10-11(14)9-12(15)13(16)18-2/h9-10H,3-8,14H2,1-2H3. The van der Waals surface area contributed by atoms with Crippen molar-refractivity contribution in [3.05, 3.63) is 18.0 Å². The van der Waals surface area contributed by atoms with Crippen LogP contribution in [0, 0.1) is 0 Å². The number of hydrogen-bond acceptors (Lipinski definition) is 6. The first-order chi connectivity index (χ1) is 9.69. The number of ether oxygens (including phenoxy) is 4. The Morgan fingerprint density at radius 2 is 1.80 bits per heavy atom. The lowest BCUT2D eigenvalue weighted by Gasteiger charge is -2.08. The predicted molar refractivity (Wildman–Crippen MR) is 73.7 cm³/mol. The number of rotatable bonds is 10. The van der Waals surface area contributed by atoms with Crippen LogP contribution in [0.15, 0.2) is 12.3 Å². The second kappa shape index (κ2) is 9.35. The predicted octanol–water partition coefficient (Wildman–Crippen LogP) is 0.536. The van der Waals surface area contributed by atoms with E-state index in [1.54, 1.807) is 23.9 Å². The van der Waals surface area contributed by atoms with E-state index in [4.69, 9.17) is 19.9 Å². The highest BCUT2D eigenvalue weighted by molar-refractivity contribution is 5.88. The van der Waals surface area contributed by atoms with Gasteiger partial charge in [-0.2, -0.15) is 0 Å². The normalized spacial score (nSPS) is 10.7. The molecule has 114 valence electrons. The maximum atomic E-state index is 11.5. The molecule has 0 unspecified atom stereocenters. The summed E-state index contributed by atoms with van der Waals surface area (Å²) in [6.45, 7) is 3.13. The summed E-state index contributed by atoms with van der Waals surface area (Å²) in [5.41, 5.74) is 6.61. The first kappa shape index (κ1) is 16.5. The average molecular weight is 286 g/mol. The minimum atomic E-state index is -0.412. The number of aromatic nitrogens is 1. The van der Waals surface area contributed by atoms with Gasteiger partial charge in [0.2, 0.25) is 0 Å². The average Bonchev–Trinajstić information content (AvgIpc) is 2.82. The van der Waals surface area contributed by atoms with Crippen LogP contribution in [0.4, 0.5) is 5.69 Å². The Balaban J connectivity index is 2.23. The van der Waals surface area contributed by atoms with E-state index in [1.165, 1.54) is 7.11 Å². The van der Waals surface area contributed by atoms with Crippen LogP contribution in [0.3, 0.4) is 0 Å². The molecule has 0 bridgehead atoms. The van der Waals surface area contributed by atoms with Crippen molar-refractivity contribution in [3.8, 4) is 0 Å². The van der Waals surface area contributed by atoms with Crippen LogP contribution < -0.4 is 5.73 Å². The van der Waals surface area contributed by atoms with Crippen LogP contribution in [0.25, 0.3) is 0 Å². The van der Waals surface area contributed by atoms with E-state index in [0.29, 0.717) is 51.0 Å². The second-order valence-electron chi connectivity index (χ2n) is 4.06. The van der Waals surface area contributed by atoms with Crippen molar-refractivity contribution in [2.45, 2.75) is 6.54 Å². The van der Waals surface area contributed by atoms with Crippen molar-refractivity contribution in [2.24, 2.45) is 0 Å². The van der Waals surface area contributed by atoms with Crippen molar-refractivity contribution in [2.75, 3.05) is 53.0 Å². The van der Waals surface area contributed by atoms with Gasteiger partial charge in [0.15, 0.2) is 0 Å². The van der Waals surface area contributed by atoms with Crippen LogP contribution in [0.5, 0.6) is 0 Å². The maximum absolute atomic E-state index is 11.5. The Hall–Kier alpha value is -1.57. The summed E-state index contributed by atoms with van der Waals surface area (Å²) in [6, 6.07) is 1.58.